The van der Waals surface area contributed by atoms with Gasteiger partial charge >= 0.3 is 0 Å². The molecule has 132 valence electrons. The van der Waals surface area contributed by atoms with E-state index >= 15 is 4.39 Å². The van der Waals surface area contributed by atoms with Gasteiger partial charge in [0.15, 0.2) is 5.67 Å². The second kappa shape index (κ2) is 6.23. The standard InChI is InChI=1S/C17H18ClFN4OS/c1-9-12-13(25-14(9)17(19)6-2-5-11(17)20)15(23-16(18)22-12)21-8-10-4-3-7-24-10/h3-4,7,11H,2,5-6,8,20H2,1H3,(H,21,22,23)/t11-,17+/m0/s1. The normalized spacial score (nSPS) is 23.4. The second-order valence-corrected chi connectivity index (χ2v) is 7.73. The van der Waals surface area contributed by atoms with Crippen LogP contribution in [-0.2, 0) is 12.2 Å². The summed E-state index contributed by atoms with van der Waals surface area (Å²) in [6, 6.07) is 3.20. The van der Waals surface area contributed by atoms with Crippen LogP contribution in [0.1, 0.15) is 35.5 Å². The number of nitrogens with two attached hydrogens (primary N) is 1. The van der Waals surface area contributed by atoms with Gasteiger partial charge in [0.1, 0.15) is 11.6 Å². The van der Waals surface area contributed by atoms with Crippen LogP contribution in [0.5, 0.6) is 0 Å². The van der Waals surface area contributed by atoms with Gasteiger partial charge in [0.05, 0.1) is 23.0 Å². The van der Waals surface area contributed by atoms with E-state index in [0.717, 1.165) is 22.4 Å². The summed E-state index contributed by atoms with van der Waals surface area (Å²) in [5, 5.41) is 3.34. The van der Waals surface area contributed by atoms with Gasteiger partial charge in [-0.25, -0.2) is 9.37 Å². The molecular formula is C17H18ClFN4OS. The molecule has 4 rings (SSSR count). The predicted octanol–water partition coefficient (Wildman–Crippen LogP) is 4.53. The van der Waals surface area contributed by atoms with E-state index in [0.29, 0.717) is 35.6 Å². The molecule has 3 heterocycles. The highest BCUT2D eigenvalue weighted by Gasteiger charge is 2.45. The first-order valence-electron chi connectivity index (χ1n) is 8.17. The Balaban J connectivity index is 1.78. The van der Waals surface area contributed by atoms with E-state index in [-0.39, 0.29) is 5.28 Å². The minimum atomic E-state index is -1.50. The molecule has 0 saturated heterocycles. The molecule has 3 N–H and O–H groups in total. The number of halogens is 2. The Hall–Kier alpha value is -1.70. The molecule has 0 aromatic carbocycles. The van der Waals surface area contributed by atoms with Crippen molar-refractivity contribution < 1.29 is 8.81 Å². The average Bonchev–Trinajstić information content (AvgIpc) is 3.28. The van der Waals surface area contributed by atoms with Crippen molar-refractivity contribution in [1.82, 2.24) is 9.97 Å². The van der Waals surface area contributed by atoms with Gasteiger partial charge in [0, 0.05) is 10.9 Å². The van der Waals surface area contributed by atoms with Gasteiger partial charge in [0.2, 0.25) is 5.28 Å². The first-order valence-corrected chi connectivity index (χ1v) is 9.36. The van der Waals surface area contributed by atoms with Gasteiger partial charge < -0.3 is 15.5 Å². The highest BCUT2D eigenvalue weighted by atomic mass is 35.5. The Morgan fingerprint density at radius 3 is 3.04 bits per heavy atom. The van der Waals surface area contributed by atoms with Gasteiger partial charge in [-0.05, 0) is 55.5 Å². The number of hydrogen-bond acceptors (Lipinski definition) is 6. The molecule has 8 heteroatoms. The third-order valence-corrected chi connectivity index (χ3v) is 6.38. The largest absolute Gasteiger partial charge is 0.467 e. The molecule has 3 aromatic heterocycles. The molecule has 2 atom stereocenters. The van der Waals surface area contributed by atoms with Crippen molar-refractivity contribution in [2.24, 2.45) is 5.73 Å². The molecule has 5 nitrogen and oxygen atoms in total. The number of aryl methyl sites for hydroxylation is 1. The number of aromatic nitrogens is 2. The van der Waals surface area contributed by atoms with Crippen molar-refractivity contribution >= 4 is 39.0 Å². The molecule has 25 heavy (non-hydrogen) atoms. The second-order valence-electron chi connectivity index (χ2n) is 6.37. The maximum Gasteiger partial charge on any atom is 0.224 e. The first-order chi connectivity index (χ1) is 12.0. The maximum atomic E-state index is 15.5. The Kier molecular flexibility index (Phi) is 4.17. The fourth-order valence-electron chi connectivity index (χ4n) is 3.44. The lowest BCUT2D eigenvalue weighted by atomic mass is 9.95. The number of furan rings is 1. The Morgan fingerprint density at radius 1 is 1.52 bits per heavy atom. The van der Waals surface area contributed by atoms with Crippen molar-refractivity contribution in [2.75, 3.05) is 5.32 Å². The van der Waals surface area contributed by atoms with Crippen molar-refractivity contribution in [3.05, 3.63) is 39.9 Å². The van der Waals surface area contributed by atoms with E-state index < -0.39 is 11.7 Å². The van der Waals surface area contributed by atoms with Crippen molar-refractivity contribution in [3.8, 4) is 0 Å². The molecular weight excluding hydrogens is 363 g/mol. The number of anilines is 1. The highest BCUT2D eigenvalue weighted by molar-refractivity contribution is 7.20. The van der Waals surface area contributed by atoms with Crippen LogP contribution in [0.3, 0.4) is 0 Å². The summed E-state index contributed by atoms with van der Waals surface area (Å²) in [6.45, 7) is 2.34. The lowest BCUT2D eigenvalue weighted by Crippen LogP contribution is -2.36. The van der Waals surface area contributed by atoms with Crippen LogP contribution in [-0.4, -0.2) is 16.0 Å². The fraction of sp³-hybridized carbons (Fsp3) is 0.412. The van der Waals surface area contributed by atoms with Crippen LogP contribution in [0.25, 0.3) is 10.2 Å². The molecule has 0 spiro atoms. The lowest BCUT2D eigenvalue weighted by Gasteiger charge is -2.24. The van der Waals surface area contributed by atoms with E-state index in [9.17, 15) is 0 Å². The minimum Gasteiger partial charge on any atom is -0.467 e. The van der Waals surface area contributed by atoms with Crippen LogP contribution >= 0.6 is 22.9 Å². The van der Waals surface area contributed by atoms with Gasteiger partial charge in [0.25, 0.3) is 0 Å². The van der Waals surface area contributed by atoms with E-state index in [1.165, 1.54) is 11.3 Å². The third kappa shape index (κ3) is 2.80. The third-order valence-electron chi connectivity index (χ3n) is 4.77. The smallest absolute Gasteiger partial charge is 0.224 e. The summed E-state index contributed by atoms with van der Waals surface area (Å²) in [5.41, 5.74) is 6.04. The number of nitrogens with one attached hydrogen (secondary N) is 1. The molecule has 1 saturated carbocycles. The zero-order valence-electron chi connectivity index (χ0n) is 13.7. The number of hydrogen-bond donors (Lipinski definition) is 2. The fourth-order valence-corrected chi connectivity index (χ4v) is 4.99. The van der Waals surface area contributed by atoms with E-state index in [4.69, 9.17) is 21.8 Å². The van der Waals surface area contributed by atoms with Crippen LogP contribution in [0.15, 0.2) is 22.8 Å². The Morgan fingerprint density at radius 2 is 2.36 bits per heavy atom. The van der Waals surface area contributed by atoms with Crippen molar-refractivity contribution in [1.29, 1.82) is 0 Å². The van der Waals surface area contributed by atoms with E-state index in [2.05, 4.69) is 15.3 Å². The number of thiophene rings is 1. The van der Waals surface area contributed by atoms with Gasteiger partial charge in [-0.1, -0.05) is 0 Å². The molecule has 0 aliphatic heterocycles. The van der Waals surface area contributed by atoms with Crippen molar-refractivity contribution in [2.45, 2.75) is 44.4 Å². The summed E-state index contributed by atoms with van der Waals surface area (Å²) in [4.78, 5) is 9.25. The summed E-state index contributed by atoms with van der Waals surface area (Å²) in [6.07, 6.45) is 3.54. The Labute approximate surface area is 153 Å². The number of nitrogens with zero attached hydrogens (tertiary/aromatic N) is 2. The molecule has 0 bridgehead atoms. The quantitative estimate of drug-likeness (QED) is 0.650. The van der Waals surface area contributed by atoms with Gasteiger partial charge in [-0.3, -0.25) is 0 Å². The number of rotatable bonds is 4. The summed E-state index contributed by atoms with van der Waals surface area (Å²) in [7, 11) is 0. The van der Waals surface area contributed by atoms with Gasteiger partial charge in [-0.15, -0.1) is 11.3 Å². The zero-order chi connectivity index (χ0) is 17.6. The molecule has 1 fully saturated rings. The maximum absolute atomic E-state index is 15.5. The highest BCUT2D eigenvalue weighted by Crippen LogP contribution is 2.48. The molecule has 0 unspecified atom stereocenters. The van der Waals surface area contributed by atoms with Crippen LogP contribution in [0, 0.1) is 6.92 Å². The van der Waals surface area contributed by atoms with Gasteiger partial charge in [-0.2, -0.15) is 4.98 Å². The lowest BCUT2D eigenvalue weighted by molar-refractivity contribution is 0.155. The topological polar surface area (TPSA) is 77.0 Å². The molecule has 0 radical (unpaired) electrons. The minimum absolute atomic E-state index is 0.130. The van der Waals surface area contributed by atoms with Crippen LogP contribution in [0.2, 0.25) is 5.28 Å². The van der Waals surface area contributed by atoms with Crippen molar-refractivity contribution in [3.63, 3.8) is 0 Å². The monoisotopic (exact) mass is 380 g/mol. The summed E-state index contributed by atoms with van der Waals surface area (Å²) < 4.78 is 21.7. The predicted molar refractivity (Wildman–Crippen MR) is 97.8 cm³/mol. The van der Waals surface area contributed by atoms with E-state index in [1.54, 1.807) is 6.26 Å². The molecule has 3 aromatic rings. The number of fused-ring (bicyclic) bond motifs is 1. The van der Waals surface area contributed by atoms with E-state index in [1.807, 2.05) is 19.1 Å². The van der Waals surface area contributed by atoms with Crippen LogP contribution in [0.4, 0.5) is 10.2 Å². The molecule has 1 aliphatic rings. The average molecular weight is 381 g/mol. The SMILES string of the molecule is Cc1c([C@@]2(F)CCC[C@@H]2N)sc2c(NCc3ccco3)nc(Cl)nc12. The molecule has 0 amide bonds. The first kappa shape index (κ1) is 16.8. The van der Waals surface area contributed by atoms with Crippen LogP contribution < -0.4 is 11.1 Å². The summed E-state index contributed by atoms with van der Waals surface area (Å²) >= 11 is 7.45. The zero-order valence-corrected chi connectivity index (χ0v) is 15.3. The summed E-state index contributed by atoms with van der Waals surface area (Å²) in [5.74, 6) is 1.36. The Bertz CT molecular complexity index is 913. The number of alkyl halides is 1. The molecule has 1 aliphatic carbocycles.